The molecule has 0 amide bonds. The molecule has 0 spiro atoms. The second-order valence-corrected chi connectivity index (χ2v) is 7.43. The van der Waals surface area contributed by atoms with E-state index >= 15 is 0 Å². The minimum atomic E-state index is -3.59. The monoisotopic (exact) mass is 328 g/mol. The minimum Gasteiger partial charge on any atom is -0.368 e. The predicted octanol–water partition coefficient (Wildman–Crippen LogP) is 2.26. The van der Waals surface area contributed by atoms with Crippen molar-refractivity contribution < 1.29 is 8.42 Å². The summed E-state index contributed by atoms with van der Waals surface area (Å²) in [6, 6.07) is 5.05. The van der Waals surface area contributed by atoms with Gasteiger partial charge in [0.1, 0.15) is 0 Å². The van der Waals surface area contributed by atoms with Crippen molar-refractivity contribution in [2.24, 2.45) is 0 Å². The third-order valence-corrected chi connectivity index (χ3v) is 6.04. The number of rotatable bonds is 0. The van der Waals surface area contributed by atoms with E-state index in [-0.39, 0.29) is 10.9 Å². The van der Waals surface area contributed by atoms with Crippen molar-refractivity contribution in [2.45, 2.75) is 30.0 Å². The first-order chi connectivity index (χ1) is 8.30. The number of nitriles is 1. The lowest BCUT2D eigenvalue weighted by molar-refractivity contribution is 0.563. The van der Waals surface area contributed by atoms with Gasteiger partial charge in [0, 0.05) is 11.5 Å². The van der Waals surface area contributed by atoms with Gasteiger partial charge in [0.25, 0.3) is 0 Å². The van der Waals surface area contributed by atoms with Crippen LogP contribution in [0.2, 0.25) is 0 Å². The van der Waals surface area contributed by atoms with Gasteiger partial charge >= 0.3 is 0 Å². The molecule has 6 heteroatoms. The van der Waals surface area contributed by atoms with Gasteiger partial charge in [-0.15, -0.1) is 0 Å². The van der Waals surface area contributed by atoms with E-state index in [0.29, 0.717) is 5.69 Å². The van der Waals surface area contributed by atoms with Gasteiger partial charge in [0.05, 0.1) is 22.7 Å². The van der Waals surface area contributed by atoms with Crippen LogP contribution in [0.25, 0.3) is 0 Å². The zero-order valence-electron chi connectivity index (χ0n) is 10.3. The van der Waals surface area contributed by atoms with Gasteiger partial charge in [-0.1, -0.05) is 0 Å². The largest absolute Gasteiger partial charge is 0.368 e. The van der Waals surface area contributed by atoms with Gasteiger partial charge in [-0.2, -0.15) is 5.26 Å². The lowest BCUT2D eigenvalue weighted by atomic mass is 10.1. The number of nitrogens with zero attached hydrogens (tertiary/aromatic N) is 2. The van der Waals surface area contributed by atoms with Gasteiger partial charge in [0.2, 0.25) is 0 Å². The van der Waals surface area contributed by atoms with E-state index in [4.69, 9.17) is 5.26 Å². The summed E-state index contributed by atoms with van der Waals surface area (Å²) in [5.74, 6) is 0. The van der Waals surface area contributed by atoms with E-state index in [0.717, 1.165) is 10.0 Å². The minimum absolute atomic E-state index is 0.238. The van der Waals surface area contributed by atoms with Crippen molar-refractivity contribution in [3.63, 3.8) is 0 Å². The molecule has 2 rings (SSSR count). The van der Waals surface area contributed by atoms with E-state index in [9.17, 15) is 8.42 Å². The number of sulfone groups is 1. The smallest absolute Gasteiger partial charge is 0.198 e. The third kappa shape index (κ3) is 1.73. The van der Waals surface area contributed by atoms with Crippen molar-refractivity contribution in [2.75, 3.05) is 11.9 Å². The summed E-state index contributed by atoms with van der Waals surface area (Å²) in [6.07, 6.45) is 0. The Balaban J connectivity index is 2.84. The SMILES string of the molecule is Cc1cc(Br)c2c(c1)S(=O)(=O)C(C#N)C(C)N2C. The fraction of sp³-hybridized carbons (Fsp3) is 0.417. The zero-order chi connectivity index (χ0) is 13.7. The summed E-state index contributed by atoms with van der Waals surface area (Å²) >= 11 is 3.41. The average Bonchev–Trinajstić information content (AvgIpc) is 2.26. The van der Waals surface area contributed by atoms with Crippen molar-refractivity contribution in [1.29, 1.82) is 5.26 Å². The van der Waals surface area contributed by atoms with Crippen LogP contribution in [0.15, 0.2) is 21.5 Å². The molecule has 0 saturated carbocycles. The molecular weight excluding hydrogens is 316 g/mol. The molecule has 2 atom stereocenters. The van der Waals surface area contributed by atoms with Crippen LogP contribution in [0, 0.1) is 18.3 Å². The molecule has 1 heterocycles. The standard InChI is InChI=1S/C12H13BrN2O2S/c1-7-4-9(13)12-10(5-7)18(16,17)11(6-14)8(2)15(12)3/h4-5,8,11H,1-3H3. The van der Waals surface area contributed by atoms with Gasteiger partial charge < -0.3 is 4.90 Å². The van der Waals surface area contributed by atoms with Gasteiger partial charge in [-0.05, 0) is 47.5 Å². The fourth-order valence-corrected chi connectivity index (χ4v) is 5.21. The van der Waals surface area contributed by atoms with E-state index in [1.807, 2.05) is 31.0 Å². The first kappa shape index (κ1) is 13.4. The Labute approximate surface area is 115 Å². The molecular formula is C12H13BrN2O2S. The average molecular weight is 329 g/mol. The maximum absolute atomic E-state index is 12.4. The molecule has 0 N–H and O–H groups in total. The van der Waals surface area contributed by atoms with Crippen LogP contribution in [0.5, 0.6) is 0 Å². The molecule has 0 aromatic heterocycles. The summed E-state index contributed by atoms with van der Waals surface area (Å²) in [5.41, 5.74) is 1.49. The maximum Gasteiger partial charge on any atom is 0.198 e. The quantitative estimate of drug-likeness (QED) is 0.732. The fourth-order valence-electron chi connectivity index (χ4n) is 2.24. The van der Waals surface area contributed by atoms with Gasteiger partial charge in [-0.3, -0.25) is 0 Å². The molecule has 1 aliphatic heterocycles. The first-order valence-electron chi connectivity index (χ1n) is 5.47. The summed E-state index contributed by atoms with van der Waals surface area (Å²) in [5, 5.41) is 8.09. The molecule has 1 aromatic rings. The molecule has 2 unspecified atom stereocenters. The summed E-state index contributed by atoms with van der Waals surface area (Å²) in [7, 11) is -1.78. The number of benzene rings is 1. The van der Waals surface area contributed by atoms with E-state index in [1.165, 1.54) is 0 Å². The zero-order valence-corrected chi connectivity index (χ0v) is 12.7. The van der Waals surface area contributed by atoms with Crippen LogP contribution >= 0.6 is 15.9 Å². The predicted molar refractivity (Wildman–Crippen MR) is 73.3 cm³/mol. The number of halogens is 1. The van der Waals surface area contributed by atoms with E-state index < -0.39 is 15.1 Å². The van der Waals surface area contributed by atoms with E-state index in [1.54, 1.807) is 13.0 Å². The number of hydrogen-bond acceptors (Lipinski definition) is 4. The molecule has 1 aliphatic rings. The summed E-state index contributed by atoms with van der Waals surface area (Å²) in [4.78, 5) is 2.08. The third-order valence-electron chi connectivity index (χ3n) is 3.34. The van der Waals surface area contributed by atoms with Crippen LogP contribution in [0.4, 0.5) is 5.69 Å². The highest BCUT2D eigenvalue weighted by Crippen LogP contribution is 2.41. The highest BCUT2D eigenvalue weighted by molar-refractivity contribution is 9.10. The Morgan fingerprint density at radius 3 is 2.61 bits per heavy atom. The summed E-state index contributed by atoms with van der Waals surface area (Å²) < 4.78 is 25.6. The van der Waals surface area contributed by atoms with Crippen LogP contribution in [-0.4, -0.2) is 26.8 Å². The highest BCUT2D eigenvalue weighted by atomic mass is 79.9. The Morgan fingerprint density at radius 2 is 2.06 bits per heavy atom. The topological polar surface area (TPSA) is 61.2 Å². The second-order valence-electron chi connectivity index (χ2n) is 4.54. The number of hydrogen-bond donors (Lipinski definition) is 0. The van der Waals surface area contributed by atoms with Gasteiger partial charge in [0.15, 0.2) is 15.1 Å². The van der Waals surface area contributed by atoms with Crippen molar-refractivity contribution in [3.05, 3.63) is 22.2 Å². The van der Waals surface area contributed by atoms with Crippen molar-refractivity contribution in [1.82, 2.24) is 0 Å². The number of aryl methyl sites for hydroxylation is 1. The van der Waals surface area contributed by atoms with Gasteiger partial charge in [-0.25, -0.2) is 8.42 Å². The Hall–Kier alpha value is -1.06. The first-order valence-corrected chi connectivity index (χ1v) is 7.81. The molecule has 0 aliphatic carbocycles. The maximum atomic E-state index is 12.4. The summed E-state index contributed by atoms with van der Waals surface area (Å²) in [6.45, 7) is 3.58. The highest BCUT2D eigenvalue weighted by Gasteiger charge is 2.42. The van der Waals surface area contributed by atoms with Crippen molar-refractivity contribution >= 4 is 31.5 Å². The molecule has 0 saturated heterocycles. The molecule has 0 fully saturated rings. The Bertz CT molecular complexity index is 649. The Morgan fingerprint density at radius 1 is 1.44 bits per heavy atom. The molecule has 0 bridgehead atoms. The number of fused-ring (bicyclic) bond motifs is 1. The molecule has 4 nitrogen and oxygen atoms in total. The van der Waals surface area contributed by atoms with E-state index in [2.05, 4.69) is 15.9 Å². The second kappa shape index (κ2) is 4.25. The Kier molecular flexibility index (Phi) is 3.16. The van der Waals surface area contributed by atoms with Crippen LogP contribution in [0.1, 0.15) is 12.5 Å². The molecule has 96 valence electrons. The lowest BCUT2D eigenvalue weighted by Gasteiger charge is -2.37. The molecule has 0 radical (unpaired) electrons. The number of anilines is 1. The van der Waals surface area contributed by atoms with Crippen LogP contribution in [0.3, 0.4) is 0 Å². The molecule has 1 aromatic carbocycles. The van der Waals surface area contributed by atoms with Crippen LogP contribution in [-0.2, 0) is 9.84 Å². The molecule has 18 heavy (non-hydrogen) atoms. The van der Waals surface area contributed by atoms with Crippen LogP contribution < -0.4 is 4.90 Å². The normalized spacial score (nSPS) is 25.4. The van der Waals surface area contributed by atoms with Crippen molar-refractivity contribution in [3.8, 4) is 6.07 Å². The lowest BCUT2D eigenvalue weighted by Crippen LogP contribution is -2.47.